The molecule has 0 bridgehead atoms. The van der Waals surface area contributed by atoms with Gasteiger partial charge in [-0.3, -0.25) is 14.4 Å². The van der Waals surface area contributed by atoms with Gasteiger partial charge in [0.2, 0.25) is 11.6 Å². The molecule has 7 atom stereocenters. The van der Waals surface area contributed by atoms with E-state index in [0.717, 1.165) is 0 Å². The lowest BCUT2D eigenvalue weighted by molar-refractivity contribution is -0.174. The lowest BCUT2D eigenvalue weighted by atomic mass is 9.41. The Hall–Kier alpha value is -2.11. The number of fused-ring (bicyclic) bond motifs is 2. The second-order valence-electron chi connectivity index (χ2n) is 8.79. The summed E-state index contributed by atoms with van der Waals surface area (Å²) in [6, 6.07) is 0. The van der Waals surface area contributed by atoms with E-state index in [1.165, 1.54) is 14.2 Å². The fraction of sp³-hybridized carbons (Fsp3) is 0.667. The van der Waals surface area contributed by atoms with E-state index in [1.807, 2.05) is 26.8 Å². The molecular formula is C21H26O6. The molecule has 0 radical (unpaired) electrons. The SMILES string of the molecule is COC1=C[C@@H](C)[C@@H]2C[C@H]3OC(=O)[C@H]4C(C)=C(OC)C(=O)[C@H]([C@@]2(C)C1=O)[C@]43C. The van der Waals surface area contributed by atoms with Crippen molar-refractivity contribution in [3.8, 4) is 0 Å². The summed E-state index contributed by atoms with van der Waals surface area (Å²) in [5, 5.41) is 0. The minimum absolute atomic E-state index is 0.0238. The minimum Gasteiger partial charge on any atom is -0.493 e. The molecule has 3 aliphatic carbocycles. The molecule has 1 saturated carbocycles. The number of methoxy groups -OCH3 is 2. The number of carbonyl (C=O) groups excluding carboxylic acids is 3. The predicted molar refractivity (Wildman–Crippen MR) is 95.2 cm³/mol. The number of allylic oxidation sites excluding steroid dienone is 3. The van der Waals surface area contributed by atoms with Crippen molar-refractivity contribution in [2.75, 3.05) is 14.2 Å². The van der Waals surface area contributed by atoms with Gasteiger partial charge in [-0.1, -0.05) is 20.8 Å². The van der Waals surface area contributed by atoms with Crippen molar-refractivity contribution in [1.29, 1.82) is 0 Å². The van der Waals surface area contributed by atoms with Crippen LogP contribution in [0.2, 0.25) is 0 Å². The number of esters is 1. The zero-order valence-electron chi connectivity index (χ0n) is 16.6. The molecule has 0 aromatic carbocycles. The van der Waals surface area contributed by atoms with Gasteiger partial charge in [0, 0.05) is 16.7 Å². The summed E-state index contributed by atoms with van der Waals surface area (Å²) < 4.78 is 16.6. The average molecular weight is 374 g/mol. The molecule has 6 heteroatoms. The number of carbonyl (C=O) groups is 3. The Bertz CT molecular complexity index is 823. The van der Waals surface area contributed by atoms with Crippen molar-refractivity contribution >= 4 is 17.5 Å². The van der Waals surface area contributed by atoms with Crippen LogP contribution >= 0.6 is 0 Å². The highest BCUT2D eigenvalue weighted by molar-refractivity contribution is 6.08. The Morgan fingerprint density at radius 1 is 1.15 bits per heavy atom. The molecule has 146 valence electrons. The van der Waals surface area contributed by atoms with Gasteiger partial charge in [-0.25, -0.2) is 0 Å². The molecule has 6 nitrogen and oxygen atoms in total. The molecule has 1 saturated heterocycles. The van der Waals surface area contributed by atoms with E-state index in [2.05, 4.69) is 0 Å². The third-order valence-corrected chi connectivity index (χ3v) is 7.73. The van der Waals surface area contributed by atoms with Crippen molar-refractivity contribution in [3.05, 3.63) is 23.2 Å². The number of hydrogen-bond donors (Lipinski definition) is 0. The number of Topliss-reactive ketones (excluding diaryl/α,β-unsaturated/α-hetero) is 2. The standard InChI is InChI=1S/C21H26O6/c1-9-7-12(25-5)18(23)20(3)11(9)8-13-21(4)14(19(24)27-13)10(2)16(26-6)15(22)17(20)21/h7,9,11,13-14,17H,8H2,1-6H3/t9-,11+,13-,14-,17-,20+,21+/m1/s1. The number of rotatable bonds is 2. The van der Waals surface area contributed by atoms with Gasteiger partial charge in [0.25, 0.3) is 0 Å². The van der Waals surface area contributed by atoms with Crippen molar-refractivity contribution in [2.24, 2.45) is 34.5 Å². The van der Waals surface area contributed by atoms with E-state index < -0.39 is 22.7 Å². The van der Waals surface area contributed by atoms with Crippen molar-refractivity contribution in [1.82, 2.24) is 0 Å². The predicted octanol–water partition coefficient (Wildman–Crippen LogP) is 2.43. The van der Waals surface area contributed by atoms with Gasteiger partial charge in [0.1, 0.15) is 6.10 Å². The monoisotopic (exact) mass is 374 g/mol. The zero-order chi connectivity index (χ0) is 19.9. The van der Waals surface area contributed by atoms with Crippen molar-refractivity contribution < 1.29 is 28.6 Å². The van der Waals surface area contributed by atoms with E-state index in [9.17, 15) is 14.4 Å². The van der Waals surface area contributed by atoms with Crippen LogP contribution in [0.3, 0.4) is 0 Å². The molecule has 1 heterocycles. The van der Waals surface area contributed by atoms with Gasteiger partial charge >= 0.3 is 5.97 Å². The highest BCUT2D eigenvalue weighted by atomic mass is 16.6. The minimum atomic E-state index is -0.974. The van der Waals surface area contributed by atoms with E-state index in [0.29, 0.717) is 17.8 Å². The highest BCUT2D eigenvalue weighted by Gasteiger charge is 2.74. The lowest BCUT2D eigenvalue weighted by Crippen LogP contribution is -2.65. The van der Waals surface area contributed by atoms with Crippen molar-refractivity contribution in [3.63, 3.8) is 0 Å². The molecule has 0 aromatic rings. The summed E-state index contributed by atoms with van der Waals surface area (Å²) >= 11 is 0. The molecule has 4 aliphatic rings. The Kier molecular flexibility index (Phi) is 3.69. The van der Waals surface area contributed by atoms with Gasteiger partial charge < -0.3 is 14.2 Å². The molecule has 4 rings (SSSR count). The van der Waals surface area contributed by atoms with Crippen LogP contribution in [0.15, 0.2) is 23.2 Å². The number of ether oxygens (including phenoxy) is 3. The third-order valence-electron chi connectivity index (χ3n) is 7.73. The van der Waals surface area contributed by atoms with Gasteiger partial charge in [-0.15, -0.1) is 0 Å². The average Bonchev–Trinajstić information content (AvgIpc) is 2.86. The Balaban J connectivity index is 1.99. The molecular weight excluding hydrogens is 348 g/mol. The maximum absolute atomic E-state index is 13.6. The molecule has 0 N–H and O–H groups in total. The summed E-state index contributed by atoms with van der Waals surface area (Å²) in [7, 11) is 2.91. The van der Waals surface area contributed by atoms with Gasteiger partial charge in [-0.05, 0) is 36.8 Å². The molecule has 0 aromatic heterocycles. The second kappa shape index (κ2) is 5.46. The van der Waals surface area contributed by atoms with Gasteiger partial charge in [0.05, 0.1) is 20.1 Å². The Morgan fingerprint density at radius 3 is 2.41 bits per heavy atom. The maximum atomic E-state index is 13.6. The van der Waals surface area contributed by atoms with E-state index in [1.54, 1.807) is 6.92 Å². The normalized spacial score (nSPS) is 45.8. The smallest absolute Gasteiger partial charge is 0.314 e. The van der Waals surface area contributed by atoms with Crippen LogP contribution in [-0.2, 0) is 28.6 Å². The molecule has 1 aliphatic heterocycles. The summed E-state index contributed by atoms with van der Waals surface area (Å²) in [5.74, 6) is -1.57. The summed E-state index contributed by atoms with van der Waals surface area (Å²) in [6.45, 7) is 7.57. The molecule has 0 spiro atoms. The van der Waals surface area contributed by atoms with Crippen LogP contribution in [-0.4, -0.2) is 37.9 Å². The van der Waals surface area contributed by atoms with E-state index >= 15 is 0 Å². The zero-order valence-corrected chi connectivity index (χ0v) is 16.6. The van der Waals surface area contributed by atoms with Crippen LogP contribution in [0.1, 0.15) is 34.1 Å². The van der Waals surface area contributed by atoms with Gasteiger partial charge in [0.15, 0.2) is 11.5 Å². The summed E-state index contributed by atoms with van der Waals surface area (Å²) in [6.07, 6.45) is 2.01. The molecule has 0 amide bonds. The second-order valence-corrected chi connectivity index (χ2v) is 8.79. The van der Waals surface area contributed by atoms with Crippen LogP contribution in [0, 0.1) is 34.5 Å². The number of ketones is 2. The van der Waals surface area contributed by atoms with Crippen LogP contribution in [0.4, 0.5) is 0 Å². The molecule has 0 unspecified atom stereocenters. The summed E-state index contributed by atoms with van der Waals surface area (Å²) in [4.78, 5) is 39.8. The van der Waals surface area contributed by atoms with Crippen LogP contribution < -0.4 is 0 Å². The van der Waals surface area contributed by atoms with E-state index in [-0.39, 0.29) is 41.2 Å². The first kappa shape index (κ1) is 18.3. The van der Waals surface area contributed by atoms with Crippen LogP contribution in [0.5, 0.6) is 0 Å². The number of hydrogen-bond acceptors (Lipinski definition) is 6. The van der Waals surface area contributed by atoms with Crippen molar-refractivity contribution in [2.45, 2.75) is 40.2 Å². The van der Waals surface area contributed by atoms with E-state index in [4.69, 9.17) is 14.2 Å². The van der Waals surface area contributed by atoms with Crippen LogP contribution in [0.25, 0.3) is 0 Å². The Labute approximate surface area is 158 Å². The lowest BCUT2D eigenvalue weighted by Gasteiger charge is -2.59. The first-order valence-electron chi connectivity index (χ1n) is 9.44. The summed E-state index contributed by atoms with van der Waals surface area (Å²) in [5.41, 5.74) is -1.13. The van der Waals surface area contributed by atoms with Gasteiger partial charge in [-0.2, -0.15) is 0 Å². The fourth-order valence-corrected chi connectivity index (χ4v) is 6.60. The first-order chi connectivity index (χ1) is 12.6. The maximum Gasteiger partial charge on any atom is 0.314 e. The molecule has 2 fully saturated rings. The Morgan fingerprint density at radius 2 is 1.81 bits per heavy atom. The first-order valence-corrected chi connectivity index (χ1v) is 9.44. The fourth-order valence-electron chi connectivity index (χ4n) is 6.60. The quantitative estimate of drug-likeness (QED) is 0.691. The topological polar surface area (TPSA) is 78.9 Å². The largest absolute Gasteiger partial charge is 0.493 e. The third kappa shape index (κ3) is 1.89. The highest BCUT2D eigenvalue weighted by Crippen LogP contribution is 2.67. The molecule has 27 heavy (non-hydrogen) atoms.